The van der Waals surface area contributed by atoms with E-state index in [2.05, 4.69) is 0 Å². The minimum Gasteiger partial charge on any atom is -0.472 e. The third kappa shape index (κ3) is 2.06. The summed E-state index contributed by atoms with van der Waals surface area (Å²) in [5.74, 6) is 0. The van der Waals surface area contributed by atoms with Gasteiger partial charge in [-0.25, -0.2) is 0 Å². The second kappa shape index (κ2) is 4.16. The van der Waals surface area contributed by atoms with Crippen LogP contribution in [0.1, 0.15) is 11.1 Å². The van der Waals surface area contributed by atoms with Gasteiger partial charge in [0.25, 0.3) is 0 Å². The number of rotatable bonds is 4. The predicted molar refractivity (Wildman–Crippen MR) is 44.2 cm³/mol. The molecule has 0 amide bonds. The van der Waals surface area contributed by atoms with Crippen molar-refractivity contribution in [3.05, 3.63) is 23.7 Å². The first-order valence-electron chi connectivity index (χ1n) is 3.82. The van der Waals surface area contributed by atoms with Gasteiger partial charge in [-0.3, -0.25) is 0 Å². The topological polar surface area (TPSA) is 65.2 Å². The van der Waals surface area contributed by atoms with Crippen molar-refractivity contribution in [2.24, 2.45) is 11.5 Å². The molecule has 3 nitrogen and oxygen atoms in total. The fourth-order valence-corrected chi connectivity index (χ4v) is 1.10. The zero-order valence-electron chi connectivity index (χ0n) is 6.55. The molecule has 1 heterocycles. The highest BCUT2D eigenvalue weighted by Gasteiger charge is 2.02. The summed E-state index contributed by atoms with van der Waals surface area (Å²) in [7, 11) is 0. The molecule has 0 aliphatic rings. The van der Waals surface area contributed by atoms with Gasteiger partial charge in [-0.2, -0.15) is 0 Å². The van der Waals surface area contributed by atoms with Crippen LogP contribution >= 0.6 is 0 Å². The lowest BCUT2D eigenvalue weighted by atomic mass is 10.1. The van der Waals surface area contributed by atoms with Crippen molar-refractivity contribution in [1.82, 2.24) is 0 Å². The fraction of sp³-hybridized carbons (Fsp3) is 0.500. The molecule has 1 aromatic rings. The van der Waals surface area contributed by atoms with Crippen molar-refractivity contribution in [1.29, 1.82) is 0 Å². The molecule has 0 radical (unpaired) electrons. The van der Waals surface area contributed by atoms with Crippen LogP contribution < -0.4 is 11.5 Å². The lowest BCUT2D eigenvalue weighted by Crippen LogP contribution is -2.07. The van der Waals surface area contributed by atoms with Gasteiger partial charge in [0, 0.05) is 0 Å². The van der Waals surface area contributed by atoms with Crippen LogP contribution in [0, 0.1) is 0 Å². The fourth-order valence-electron chi connectivity index (χ4n) is 1.10. The van der Waals surface area contributed by atoms with Crippen LogP contribution in [0.5, 0.6) is 0 Å². The Labute approximate surface area is 66.4 Å². The molecular formula is C8H14N2O. The van der Waals surface area contributed by atoms with Gasteiger partial charge < -0.3 is 15.9 Å². The molecule has 0 unspecified atom stereocenters. The molecule has 0 bridgehead atoms. The number of hydrogen-bond acceptors (Lipinski definition) is 3. The van der Waals surface area contributed by atoms with E-state index in [1.807, 2.05) is 0 Å². The Balaban J connectivity index is 2.62. The molecular weight excluding hydrogens is 140 g/mol. The first-order chi connectivity index (χ1) is 5.38. The van der Waals surface area contributed by atoms with Crippen LogP contribution in [0.3, 0.4) is 0 Å². The van der Waals surface area contributed by atoms with E-state index in [1.165, 1.54) is 11.1 Å². The maximum Gasteiger partial charge on any atom is 0.0937 e. The molecule has 0 saturated heterocycles. The Morgan fingerprint density at radius 3 is 1.82 bits per heavy atom. The molecule has 1 rings (SSSR count). The molecule has 0 aliphatic carbocycles. The second-order valence-corrected chi connectivity index (χ2v) is 2.50. The second-order valence-electron chi connectivity index (χ2n) is 2.50. The Hall–Kier alpha value is -0.800. The predicted octanol–water partition coefficient (Wildman–Crippen LogP) is 0.282. The number of hydrogen-bond donors (Lipinski definition) is 2. The molecule has 0 fully saturated rings. The van der Waals surface area contributed by atoms with Gasteiger partial charge in [0.05, 0.1) is 12.5 Å². The van der Waals surface area contributed by atoms with Gasteiger partial charge in [0.1, 0.15) is 0 Å². The Morgan fingerprint density at radius 1 is 1.00 bits per heavy atom. The van der Waals surface area contributed by atoms with Crippen molar-refractivity contribution in [3.63, 3.8) is 0 Å². The standard InChI is InChI=1S/C8H14N2O/c9-3-1-7-5-11-6-8(7)2-4-10/h5-6H,1-4,9-10H2. The zero-order chi connectivity index (χ0) is 8.10. The first kappa shape index (κ1) is 8.30. The third-order valence-corrected chi connectivity index (χ3v) is 1.66. The van der Waals surface area contributed by atoms with Crippen LogP contribution in [-0.4, -0.2) is 13.1 Å². The van der Waals surface area contributed by atoms with E-state index < -0.39 is 0 Å². The molecule has 1 aromatic heterocycles. The maximum atomic E-state index is 5.41. The molecule has 0 aromatic carbocycles. The van der Waals surface area contributed by atoms with E-state index in [4.69, 9.17) is 15.9 Å². The summed E-state index contributed by atoms with van der Waals surface area (Å²) >= 11 is 0. The van der Waals surface area contributed by atoms with Crippen molar-refractivity contribution in [3.8, 4) is 0 Å². The van der Waals surface area contributed by atoms with Crippen LogP contribution in [0.2, 0.25) is 0 Å². The largest absolute Gasteiger partial charge is 0.472 e. The Morgan fingerprint density at radius 2 is 1.45 bits per heavy atom. The van der Waals surface area contributed by atoms with E-state index in [9.17, 15) is 0 Å². The van der Waals surface area contributed by atoms with E-state index in [1.54, 1.807) is 12.5 Å². The highest BCUT2D eigenvalue weighted by atomic mass is 16.3. The summed E-state index contributed by atoms with van der Waals surface area (Å²) in [6.07, 6.45) is 5.26. The van der Waals surface area contributed by atoms with E-state index >= 15 is 0 Å². The van der Waals surface area contributed by atoms with E-state index in [0.29, 0.717) is 13.1 Å². The summed E-state index contributed by atoms with van der Waals surface area (Å²) < 4.78 is 5.04. The molecule has 4 N–H and O–H groups in total. The quantitative estimate of drug-likeness (QED) is 0.654. The minimum atomic E-state index is 0.664. The average Bonchev–Trinajstić information content (AvgIpc) is 2.39. The third-order valence-electron chi connectivity index (χ3n) is 1.66. The highest BCUT2D eigenvalue weighted by molar-refractivity contribution is 5.21. The number of furan rings is 1. The lowest BCUT2D eigenvalue weighted by Gasteiger charge is -1.97. The van der Waals surface area contributed by atoms with Gasteiger partial charge in [-0.05, 0) is 37.1 Å². The van der Waals surface area contributed by atoms with Gasteiger partial charge in [-0.15, -0.1) is 0 Å². The average molecular weight is 154 g/mol. The smallest absolute Gasteiger partial charge is 0.0937 e. The summed E-state index contributed by atoms with van der Waals surface area (Å²) in [6, 6.07) is 0. The summed E-state index contributed by atoms with van der Waals surface area (Å²) in [4.78, 5) is 0. The molecule has 0 spiro atoms. The van der Waals surface area contributed by atoms with Gasteiger partial charge in [0.15, 0.2) is 0 Å². The summed E-state index contributed by atoms with van der Waals surface area (Å²) in [5.41, 5.74) is 13.2. The van der Waals surface area contributed by atoms with Crippen molar-refractivity contribution < 1.29 is 4.42 Å². The molecule has 0 atom stereocenters. The zero-order valence-corrected chi connectivity index (χ0v) is 6.55. The lowest BCUT2D eigenvalue weighted by molar-refractivity contribution is 0.561. The first-order valence-corrected chi connectivity index (χ1v) is 3.82. The normalized spacial score (nSPS) is 10.4. The summed E-state index contributed by atoms with van der Waals surface area (Å²) in [5, 5.41) is 0. The Bertz CT molecular complexity index is 187. The van der Waals surface area contributed by atoms with E-state index in [-0.39, 0.29) is 0 Å². The van der Waals surface area contributed by atoms with Crippen LogP contribution in [0.15, 0.2) is 16.9 Å². The van der Waals surface area contributed by atoms with E-state index in [0.717, 1.165) is 12.8 Å². The molecule has 0 saturated carbocycles. The maximum absolute atomic E-state index is 5.41. The SMILES string of the molecule is NCCc1cocc1CCN. The molecule has 0 aliphatic heterocycles. The van der Waals surface area contributed by atoms with Crippen molar-refractivity contribution >= 4 is 0 Å². The van der Waals surface area contributed by atoms with Gasteiger partial charge in [0.2, 0.25) is 0 Å². The van der Waals surface area contributed by atoms with Crippen LogP contribution in [0.4, 0.5) is 0 Å². The highest BCUT2D eigenvalue weighted by Crippen LogP contribution is 2.10. The van der Waals surface area contributed by atoms with Crippen molar-refractivity contribution in [2.45, 2.75) is 12.8 Å². The van der Waals surface area contributed by atoms with Gasteiger partial charge in [-0.1, -0.05) is 0 Å². The van der Waals surface area contributed by atoms with Crippen LogP contribution in [0.25, 0.3) is 0 Å². The van der Waals surface area contributed by atoms with Crippen molar-refractivity contribution in [2.75, 3.05) is 13.1 Å². The summed E-state index contributed by atoms with van der Waals surface area (Å²) in [6.45, 7) is 1.33. The molecule has 11 heavy (non-hydrogen) atoms. The van der Waals surface area contributed by atoms with Gasteiger partial charge >= 0.3 is 0 Å². The van der Waals surface area contributed by atoms with Crippen LogP contribution in [-0.2, 0) is 12.8 Å². The number of nitrogens with two attached hydrogens (primary N) is 2. The monoisotopic (exact) mass is 154 g/mol. The molecule has 3 heteroatoms. The Kier molecular flexibility index (Phi) is 3.14. The molecule has 62 valence electrons. The minimum absolute atomic E-state index is 0.664.